The highest BCUT2D eigenvalue weighted by molar-refractivity contribution is 6.30. The third-order valence-corrected chi connectivity index (χ3v) is 1.68. The van der Waals surface area contributed by atoms with Crippen LogP contribution in [-0.2, 0) is 4.79 Å². The van der Waals surface area contributed by atoms with Crippen molar-refractivity contribution >= 4 is 17.5 Å². The Balaban J connectivity index is 2.84. The normalized spacial score (nSPS) is 18.4. The first-order valence-corrected chi connectivity index (χ1v) is 3.44. The molecule has 0 aliphatic carbocycles. The van der Waals surface area contributed by atoms with E-state index in [1.165, 1.54) is 0 Å². The highest BCUT2D eigenvalue weighted by Crippen LogP contribution is 2.22. The first-order valence-electron chi connectivity index (χ1n) is 3.06. The molecule has 1 rings (SSSR count). The molecule has 0 aromatic rings. The summed E-state index contributed by atoms with van der Waals surface area (Å²) in [5, 5.41) is 7.17. The molecule has 0 atom stereocenters. The molecule has 4 heteroatoms. The maximum atomic E-state index is 10.6. The van der Waals surface area contributed by atoms with Crippen LogP contribution in [-0.4, -0.2) is 5.91 Å². The number of halogens is 1. The number of hydrogen-bond donors (Lipinski definition) is 0. The average Bonchev–Trinajstić information content (AvgIpc) is 1.94. The molecule has 0 aromatic carbocycles. The Bertz CT molecular complexity index is 220. The zero-order valence-corrected chi connectivity index (χ0v) is 6.35. The molecule has 0 saturated carbocycles. The molecule has 0 spiro atoms. The van der Waals surface area contributed by atoms with Gasteiger partial charge >= 0.3 is 0 Å². The van der Waals surface area contributed by atoms with E-state index in [1.54, 1.807) is 0 Å². The van der Waals surface area contributed by atoms with Gasteiger partial charge < -0.3 is 0 Å². The first-order chi connectivity index (χ1) is 4.74. The van der Waals surface area contributed by atoms with Gasteiger partial charge in [0.25, 0.3) is 5.91 Å². The number of nitrogens with zero attached hydrogens (tertiary/aromatic N) is 2. The Morgan fingerprint density at radius 2 is 2.30 bits per heavy atom. The lowest BCUT2D eigenvalue weighted by atomic mass is 10.1. The van der Waals surface area contributed by atoms with Gasteiger partial charge in [0.05, 0.1) is 6.42 Å². The maximum absolute atomic E-state index is 10.6. The van der Waals surface area contributed by atoms with Crippen LogP contribution in [0.4, 0.5) is 0 Å². The van der Waals surface area contributed by atoms with E-state index in [-0.39, 0.29) is 5.91 Å². The summed E-state index contributed by atoms with van der Waals surface area (Å²) in [6, 6.07) is 0. The third kappa shape index (κ3) is 1.42. The summed E-state index contributed by atoms with van der Waals surface area (Å²) in [6.07, 6.45) is 1.10. The Labute approximate surface area is 63.8 Å². The molecule has 0 N–H and O–H groups in total. The number of azo groups is 1. The van der Waals surface area contributed by atoms with Crippen LogP contribution in [0.5, 0.6) is 0 Å². The van der Waals surface area contributed by atoms with E-state index in [2.05, 4.69) is 10.2 Å². The Morgan fingerprint density at radius 1 is 1.60 bits per heavy atom. The summed E-state index contributed by atoms with van der Waals surface area (Å²) in [7, 11) is 0. The fourth-order valence-corrected chi connectivity index (χ4v) is 0.970. The molecule has 0 radical (unpaired) electrons. The highest BCUT2D eigenvalue weighted by Gasteiger charge is 2.12. The summed E-state index contributed by atoms with van der Waals surface area (Å²) < 4.78 is 0. The van der Waals surface area contributed by atoms with Gasteiger partial charge in [-0.15, -0.1) is 10.2 Å². The van der Waals surface area contributed by atoms with Gasteiger partial charge in [-0.25, -0.2) is 0 Å². The van der Waals surface area contributed by atoms with Crippen LogP contribution in [0, 0.1) is 0 Å². The summed E-state index contributed by atoms with van der Waals surface area (Å²) in [4.78, 5) is 10.6. The van der Waals surface area contributed by atoms with Crippen molar-refractivity contribution in [3.8, 4) is 0 Å². The van der Waals surface area contributed by atoms with E-state index in [0.717, 1.165) is 12.0 Å². The maximum Gasteiger partial charge on any atom is 0.268 e. The van der Waals surface area contributed by atoms with Gasteiger partial charge in [0.2, 0.25) is 0 Å². The summed E-state index contributed by atoms with van der Waals surface area (Å²) in [5.41, 5.74) is 0.877. The van der Waals surface area contributed by atoms with Crippen molar-refractivity contribution in [2.75, 3.05) is 0 Å². The van der Waals surface area contributed by atoms with E-state index < -0.39 is 0 Å². The van der Waals surface area contributed by atoms with Gasteiger partial charge in [-0.3, -0.25) is 4.79 Å². The Hall–Kier alpha value is -0.700. The fraction of sp³-hybridized carbons (Fsp3) is 0.500. The topological polar surface area (TPSA) is 41.8 Å². The first kappa shape index (κ1) is 7.41. The van der Waals surface area contributed by atoms with Crippen LogP contribution >= 0.6 is 11.6 Å². The lowest BCUT2D eigenvalue weighted by Gasteiger charge is -2.04. The van der Waals surface area contributed by atoms with Gasteiger partial charge in [-0.1, -0.05) is 18.5 Å². The second-order valence-corrected chi connectivity index (χ2v) is 2.38. The fourth-order valence-electron chi connectivity index (χ4n) is 0.732. The predicted molar refractivity (Wildman–Crippen MR) is 37.7 cm³/mol. The number of amides is 1. The molecular formula is C6H7ClN2O. The monoisotopic (exact) mass is 158 g/mol. The molecule has 0 bridgehead atoms. The van der Waals surface area contributed by atoms with Crippen molar-refractivity contribution in [3.63, 3.8) is 0 Å². The van der Waals surface area contributed by atoms with Crippen LogP contribution in [0.1, 0.15) is 19.8 Å². The molecule has 1 amide bonds. The van der Waals surface area contributed by atoms with Crippen LogP contribution in [0.15, 0.2) is 21.0 Å². The zero-order chi connectivity index (χ0) is 7.56. The van der Waals surface area contributed by atoms with Crippen molar-refractivity contribution in [1.29, 1.82) is 0 Å². The number of carbonyl (C=O) groups excluding carboxylic acids is 1. The van der Waals surface area contributed by atoms with Gasteiger partial charge in [0.1, 0.15) is 0 Å². The lowest BCUT2D eigenvalue weighted by molar-refractivity contribution is -0.117. The van der Waals surface area contributed by atoms with Gasteiger partial charge in [0.15, 0.2) is 5.16 Å². The second-order valence-electron chi connectivity index (χ2n) is 2.02. The molecular weight excluding hydrogens is 152 g/mol. The van der Waals surface area contributed by atoms with Crippen LogP contribution in [0.25, 0.3) is 0 Å². The summed E-state index contributed by atoms with van der Waals surface area (Å²) in [6.45, 7) is 1.94. The Kier molecular flexibility index (Phi) is 2.17. The third-order valence-electron chi connectivity index (χ3n) is 1.33. The van der Waals surface area contributed by atoms with E-state index in [1.807, 2.05) is 6.92 Å². The average molecular weight is 159 g/mol. The van der Waals surface area contributed by atoms with Crippen molar-refractivity contribution in [2.45, 2.75) is 19.8 Å². The number of carbonyl (C=O) groups is 1. The van der Waals surface area contributed by atoms with Crippen molar-refractivity contribution in [3.05, 3.63) is 10.7 Å². The molecule has 0 fully saturated rings. The van der Waals surface area contributed by atoms with Gasteiger partial charge in [-0.05, 0) is 12.0 Å². The lowest BCUT2D eigenvalue weighted by Crippen LogP contribution is -2.00. The standard InChI is InChI=1S/C6H7ClN2O/c1-2-4-3-5(10)8-9-6(4)7/h2-3H2,1H3. The van der Waals surface area contributed by atoms with Crippen LogP contribution < -0.4 is 0 Å². The minimum Gasteiger partial charge on any atom is -0.271 e. The van der Waals surface area contributed by atoms with Gasteiger partial charge in [-0.2, -0.15) is 0 Å². The highest BCUT2D eigenvalue weighted by atomic mass is 35.5. The summed E-state index contributed by atoms with van der Waals surface area (Å²) in [5.74, 6) is -0.207. The van der Waals surface area contributed by atoms with E-state index in [9.17, 15) is 4.79 Å². The molecule has 54 valence electrons. The predicted octanol–water partition coefficient (Wildman–Crippen LogP) is 2.23. The molecule has 0 unspecified atom stereocenters. The van der Waals surface area contributed by atoms with Gasteiger partial charge in [0, 0.05) is 0 Å². The van der Waals surface area contributed by atoms with Crippen molar-refractivity contribution in [1.82, 2.24) is 0 Å². The summed E-state index contributed by atoms with van der Waals surface area (Å²) >= 11 is 5.62. The van der Waals surface area contributed by atoms with Crippen LogP contribution in [0.2, 0.25) is 0 Å². The SMILES string of the molecule is CCC1=C(Cl)N=NC(=O)C1. The Morgan fingerprint density at radius 3 is 2.80 bits per heavy atom. The quantitative estimate of drug-likeness (QED) is 0.540. The van der Waals surface area contributed by atoms with Crippen molar-refractivity contribution < 1.29 is 4.79 Å². The molecule has 1 heterocycles. The molecule has 1 aliphatic rings. The van der Waals surface area contributed by atoms with E-state index in [0.29, 0.717) is 11.6 Å². The van der Waals surface area contributed by atoms with Crippen LogP contribution in [0.3, 0.4) is 0 Å². The molecule has 0 saturated heterocycles. The minimum atomic E-state index is -0.207. The van der Waals surface area contributed by atoms with Crippen molar-refractivity contribution in [2.24, 2.45) is 10.2 Å². The number of rotatable bonds is 1. The molecule has 0 aromatic heterocycles. The van der Waals surface area contributed by atoms with E-state index >= 15 is 0 Å². The zero-order valence-electron chi connectivity index (χ0n) is 5.59. The second kappa shape index (κ2) is 2.92. The largest absolute Gasteiger partial charge is 0.271 e. The minimum absolute atomic E-state index is 0.207. The number of hydrogen-bond acceptors (Lipinski definition) is 2. The molecule has 3 nitrogen and oxygen atoms in total. The molecule has 1 aliphatic heterocycles. The van der Waals surface area contributed by atoms with E-state index in [4.69, 9.17) is 11.6 Å². The molecule has 10 heavy (non-hydrogen) atoms. The smallest absolute Gasteiger partial charge is 0.268 e.